The second kappa shape index (κ2) is 7.97. The van der Waals surface area contributed by atoms with Gasteiger partial charge in [0.2, 0.25) is 0 Å². The number of aliphatic hydroxyl groups is 1. The zero-order chi connectivity index (χ0) is 16.8. The van der Waals surface area contributed by atoms with Gasteiger partial charge in [-0.2, -0.15) is 0 Å². The van der Waals surface area contributed by atoms with Gasteiger partial charge in [-0.05, 0) is 42.7 Å². The lowest BCUT2D eigenvalue weighted by Gasteiger charge is -2.28. The molecule has 1 fully saturated rings. The number of amides is 1. The quantitative estimate of drug-likeness (QED) is 0.887. The van der Waals surface area contributed by atoms with Crippen molar-refractivity contribution in [2.45, 2.75) is 44.4 Å². The van der Waals surface area contributed by atoms with E-state index in [0.29, 0.717) is 12.2 Å². The first-order valence-electron chi connectivity index (χ1n) is 8.48. The van der Waals surface area contributed by atoms with Crippen molar-refractivity contribution in [1.82, 2.24) is 5.32 Å². The van der Waals surface area contributed by atoms with Crippen LogP contribution in [0.5, 0.6) is 5.75 Å². The standard InChI is InChI=1S/C20H23NO3/c22-19-9-5-4-8-18(19)21-20(23)16-12-10-15(11-13-16)14-24-17-6-2-1-3-7-17/h1-3,6-7,10-13,18-19,22H,4-5,8-9,14H2,(H,21,23). The summed E-state index contributed by atoms with van der Waals surface area (Å²) in [6.07, 6.45) is 3.26. The molecular weight excluding hydrogens is 302 g/mol. The summed E-state index contributed by atoms with van der Waals surface area (Å²) in [5, 5.41) is 12.9. The highest BCUT2D eigenvalue weighted by molar-refractivity contribution is 5.94. The van der Waals surface area contributed by atoms with Gasteiger partial charge in [-0.15, -0.1) is 0 Å². The Morgan fingerprint density at radius 1 is 1.04 bits per heavy atom. The van der Waals surface area contributed by atoms with Crippen LogP contribution in [0.15, 0.2) is 54.6 Å². The fraction of sp³-hybridized carbons (Fsp3) is 0.350. The summed E-state index contributed by atoms with van der Waals surface area (Å²) >= 11 is 0. The maximum atomic E-state index is 12.3. The summed E-state index contributed by atoms with van der Waals surface area (Å²) in [6, 6.07) is 16.9. The number of para-hydroxylation sites is 1. The molecule has 2 N–H and O–H groups in total. The molecule has 0 aliphatic heterocycles. The first-order chi connectivity index (χ1) is 11.7. The minimum absolute atomic E-state index is 0.128. The highest BCUT2D eigenvalue weighted by Crippen LogP contribution is 2.19. The summed E-state index contributed by atoms with van der Waals surface area (Å²) in [6.45, 7) is 0.466. The maximum Gasteiger partial charge on any atom is 0.251 e. The van der Waals surface area contributed by atoms with Gasteiger partial charge in [0.05, 0.1) is 12.1 Å². The topological polar surface area (TPSA) is 58.6 Å². The third-order valence-corrected chi connectivity index (χ3v) is 4.41. The molecule has 24 heavy (non-hydrogen) atoms. The molecule has 4 heteroatoms. The largest absolute Gasteiger partial charge is 0.489 e. The summed E-state index contributed by atoms with van der Waals surface area (Å²) in [5.41, 5.74) is 1.62. The van der Waals surface area contributed by atoms with Crippen molar-refractivity contribution in [1.29, 1.82) is 0 Å². The van der Waals surface area contributed by atoms with Crippen LogP contribution >= 0.6 is 0 Å². The lowest BCUT2D eigenvalue weighted by atomic mass is 9.92. The monoisotopic (exact) mass is 325 g/mol. The number of rotatable bonds is 5. The van der Waals surface area contributed by atoms with Gasteiger partial charge < -0.3 is 15.2 Å². The van der Waals surface area contributed by atoms with Gasteiger partial charge in [-0.3, -0.25) is 4.79 Å². The average Bonchev–Trinajstić information content (AvgIpc) is 2.63. The Morgan fingerprint density at radius 3 is 2.46 bits per heavy atom. The minimum Gasteiger partial charge on any atom is -0.489 e. The van der Waals surface area contributed by atoms with Crippen molar-refractivity contribution in [3.05, 3.63) is 65.7 Å². The molecular formula is C20H23NO3. The third-order valence-electron chi connectivity index (χ3n) is 4.41. The van der Waals surface area contributed by atoms with Crippen LogP contribution < -0.4 is 10.1 Å². The molecule has 0 spiro atoms. The van der Waals surface area contributed by atoms with Crippen molar-refractivity contribution in [3.8, 4) is 5.75 Å². The van der Waals surface area contributed by atoms with Crippen LogP contribution in [0.25, 0.3) is 0 Å². The molecule has 2 aromatic carbocycles. The smallest absolute Gasteiger partial charge is 0.251 e. The lowest BCUT2D eigenvalue weighted by molar-refractivity contribution is 0.0717. The number of hydrogen-bond acceptors (Lipinski definition) is 3. The molecule has 0 heterocycles. The van der Waals surface area contributed by atoms with Crippen LogP contribution in [0.1, 0.15) is 41.6 Å². The summed E-state index contributed by atoms with van der Waals surface area (Å²) in [5.74, 6) is 0.696. The second-order valence-corrected chi connectivity index (χ2v) is 6.23. The van der Waals surface area contributed by atoms with E-state index in [1.54, 1.807) is 12.1 Å². The van der Waals surface area contributed by atoms with E-state index < -0.39 is 6.10 Å². The number of carbonyl (C=O) groups is 1. The zero-order valence-electron chi connectivity index (χ0n) is 13.7. The molecule has 126 valence electrons. The van der Waals surface area contributed by atoms with E-state index in [-0.39, 0.29) is 11.9 Å². The number of aliphatic hydroxyl groups excluding tert-OH is 1. The first kappa shape index (κ1) is 16.5. The molecule has 0 radical (unpaired) electrons. The van der Waals surface area contributed by atoms with Crippen molar-refractivity contribution in [2.24, 2.45) is 0 Å². The third kappa shape index (κ3) is 4.36. The number of benzene rings is 2. The Balaban J connectivity index is 1.54. The molecule has 1 amide bonds. The molecule has 0 saturated heterocycles. The van der Waals surface area contributed by atoms with Crippen LogP contribution in [-0.2, 0) is 6.61 Å². The van der Waals surface area contributed by atoms with Gasteiger partial charge in [0.25, 0.3) is 5.91 Å². The van der Waals surface area contributed by atoms with Crippen molar-refractivity contribution < 1.29 is 14.6 Å². The van der Waals surface area contributed by atoms with Gasteiger partial charge in [0.1, 0.15) is 12.4 Å². The van der Waals surface area contributed by atoms with Crippen LogP contribution in [0.4, 0.5) is 0 Å². The molecule has 0 aromatic heterocycles. The van der Waals surface area contributed by atoms with E-state index in [9.17, 15) is 9.90 Å². The average molecular weight is 325 g/mol. The van der Waals surface area contributed by atoms with Crippen LogP contribution in [0.2, 0.25) is 0 Å². The summed E-state index contributed by atoms with van der Waals surface area (Å²) < 4.78 is 5.69. The van der Waals surface area contributed by atoms with Crippen LogP contribution in [0, 0.1) is 0 Å². The van der Waals surface area contributed by atoms with E-state index in [1.165, 1.54) is 0 Å². The maximum absolute atomic E-state index is 12.3. The Kier molecular flexibility index (Phi) is 5.49. The minimum atomic E-state index is -0.429. The second-order valence-electron chi connectivity index (χ2n) is 6.23. The molecule has 1 aliphatic rings. The Bertz CT molecular complexity index is 654. The highest BCUT2D eigenvalue weighted by atomic mass is 16.5. The number of hydrogen-bond donors (Lipinski definition) is 2. The molecule has 2 unspecified atom stereocenters. The molecule has 1 saturated carbocycles. The predicted molar refractivity (Wildman–Crippen MR) is 92.9 cm³/mol. The van der Waals surface area contributed by atoms with Gasteiger partial charge in [-0.1, -0.05) is 43.2 Å². The number of carbonyl (C=O) groups excluding carboxylic acids is 1. The van der Waals surface area contributed by atoms with E-state index >= 15 is 0 Å². The Hall–Kier alpha value is -2.33. The van der Waals surface area contributed by atoms with Gasteiger partial charge in [-0.25, -0.2) is 0 Å². The molecule has 0 bridgehead atoms. The van der Waals surface area contributed by atoms with Gasteiger partial charge >= 0.3 is 0 Å². The van der Waals surface area contributed by atoms with E-state index in [0.717, 1.165) is 37.0 Å². The fourth-order valence-electron chi connectivity index (χ4n) is 2.97. The Morgan fingerprint density at radius 2 is 1.75 bits per heavy atom. The fourth-order valence-corrected chi connectivity index (χ4v) is 2.97. The highest BCUT2D eigenvalue weighted by Gasteiger charge is 2.24. The normalized spacial score (nSPS) is 20.4. The van der Waals surface area contributed by atoms with Crippen LogP contribution in [0.3, 0.4) is 0 Å². The zero-order valence-corrected chi connectivity index (χ0v) is 13.7. The van der Waals surface area contributed by atoms with Crippen LogP contribution in [-0.4, -0.2) is 23.2 Å². The summed E-state index contributed by atoms with van der Waals surface area (Å²) in [7, 11) is 0. The molecule has 2 atom stereocenters. The van der Waals surface area contributed by atoms with E-state index in [2.05, 4.69) is 5.32 Å². The number of nitrogens with one attached hydrogen (secondary N) is 1. The van der Waals surface area contributed by atoms with Crippen molar-refractivity contribution in [3.63, 3.8) is 0 Å². The van der Waals surface area contributed by atoms with E-state index in [1.807, 2.05) is 42.5 Å². The van der Waals surface area contributed by atoms with Gasteiger partial charge in [0, 0.05) is 5.56 Å². The molecule has 3 rings (SSSR count). The molecule has 2 aromatic rings. The van der Waals surface area contributed by atoms with E-state index in [4.69, 9.17) is 4.74 Å². The SMILES string of the molecule is O=C(NC1CCCCC1O)c1ccc(COc2ccccc2)cc1. The summed E-state index contributed by atoms with van der Waals surface area (Å²) in [4.78, 5) is 12.3. The Labute approximate surface area is 142 Å². The predicted octanol–water partition coefficient (Wildman–Crippen LogP) is 3.30. The van der Waals surface area contributed by atoms with Crippen molar-refractivity contribution >= 4 is 5.91 Å². The van der Waals surface area contributed by atoms with Crippen molar-refractivity contribution in [2.75, 3.05) is 0 Å². The lowest BCUT2D eigenvalue weighted by Crippen LogP contribution is -2.45. The molecule has 1 aliphatic carbocycles. The van der Waals surface area contributed by atoms with Gasteiger partial charge in [0.15, 0.2) is 0 Å². The molecule has 4 nitrogen and oxygen atoms in total. The first-order valence-corrected chi connectivity index (χ1v) is 8.48. The number of ether oxygens (including phenoxy) is 1.